The number of nitrogens with one attached hydrogen (secondary N) is 1. The smallest absolute Gasteiger partial charge is 0.293 e. The maximum absolute atomic E-state index is 12.0. The molecule has 0 atom stereocenters. The lowest BCUT2D eigenvalue weighted by molar-refractivity contribution is -0.384. The molecular weight excluding hydrogens is 336 g/mol. The van der Waals surface area contributed by atoms with E-state index in [1.807, 2.05) is 24.3 Å². The van der Waals surface area contributed by atoms with Gasteiger partial charge in [0.15, 0.2) is 0 Å². The lowest BCUT2D eigenvalue weighted by atomic mass is 10.1. The Morgan fingerprint density at radius 2 is 1.90 bits per heavy atom. The van der Waals surface area contributed by atoms with Crippen molar-refractivity contribution in [3.05, 3.63) is 68.2 Å². The summed E-state index contributed by atoms with van der Waals surface area (Å²) in [6, 6.07) is 12.1. The van der Waals surface area contributed by atoms with E-state index in [9.17, 15) is 14.9 Å². The summed E-state index contributed by atoms with van der Waals surface area (Å²) in [7, 11) is 0. The van der Waals surface area contributed by atoms with Gasteiger partial charge >= 0.3 is 0 Å². The molecule has 108 valence electrons. The number of benzene rings is 2. The minimum Gasteiger partial charge on any atom is -0.320 e. The van der Waals surface area contributed by atoms with Gasteiger partial charge in [-0.25, -0.2) is 0 Å². The zero-order chi connectivity index (χ0) is 15.4. The van der Waals surface area contributed by atoms with Gasteiger partial charge < -0.3 is 5.32 Å². The van der Waals surface area contributed by atoms with E-state index in [2.05, 4.69) is 21.2 Å². The summed E-state index contributed by atoms with van der Waals surface area (Å²) in [6.07, 6.45) is 0.165. The summed E-state index contributed by atoms with van der Waals surface area (Å²) in [4.78, 5) is 22.5. The van der Waals surface area contributed by atoms with E-state index in [0.717, 1.165) is 15.6 Å². The molecule has 2 rings (SSSR count). The molecule has 0 aromatic heterocycles. The van der Waals surface area contributed by atoms with Crippen LogP contribution in [0.1, 0.15) is 11.1 Å². The van der Waals surface area contributed by atoms with Gasteiger partial charge in [0.25, 0.3) is 5.69 Å². The molecule has 0 heterocycles. The van der Waals surface area contributed by atoms with E-state index in [-0.39, 0.29) is 23.7 Å². The van der Waals surface area contributed by atoms with E-state index in [1.165, 1.54) is 6.07 Å². The van der Waals surface area contributed by atoms with Crippen molar-refractivity contribution in [2.75, 3.05) is 5.32 Å². The maximum atomic E-state index is 12.0. The molecule has 6 heteroatoms. The van der Waals surface area contributed by atoms with Crippen molar-refractivity contribution >= 4 is 33.2 Å². The second-order valence-electron chi connectivity index (χ2n) is 4.63. The standard InChI is InChI=1S/C15H13BrN2O3/c1-10-2-7-13(14(8-10)18(20)21)17-15(19)9-11-3-5-12(16)6-4-11/h2-8H,9H2,1H3,(H,17,19). The van der Waals surface area contributed by atoms with E-state index < -0.39 is 4.92 Å². The topological polar surface area (TPSA) is 72.2 Å². The fourth-order valence-electron chi connectivity index (χ4n) is 1.88. The molecule has 5 nitrogen and oxygen atoms in total. The van der Waals surface area contributed by atoms with Crippen LogP contribution in [0.5, 0.6) is 0 Å². The number of rotatable bonds is 4. The summed E-state index contributed by atoms with van der Waals surface area (Å²) in [5, 5.41) is 13.6. The van der Waals surface area contributed by atoms with Crippen LogP contribution in [0.15, 0.2) is 46.9 Å². The molecule has 0 fully saturated rings. The minimum absolute atomic E-state index is 0.0980. The summed E-state index contributed by atoms with van der Waals surface area (Å²) in [5.74, 6) is -0.288. The predicted molar refractivity (Wildman–Crippen MR) is 84.3 cm³/mol. The van der Waals surface area contributed by atoms with Gasteiger partial charge in [-0.3, -0.25) is 14.9 Å². The monoisotopic (exact) mass is 348 g/mol. The van der Waals surface area contributed by atoms with Crippen LogP contribution in [0, 0.1) is 17.0 Å². The zero-order valence-corrected chi connectivity index (χ0v) is 12.9. The Hall–Kier alpha value is -2.21. The normalized spacial score (nSPS) is 10.2. The Morgan fingerprint density at radius 1 is 1.24 bits per heavy atom. The number of hydrogen-bond donors (Lipinski definition) is 1. The number of anilines is 1. The molecule has 2 aromatic rings. The van der Waals surface area contributed by atoms with Crippen molar-refractivity contribution in [3.63, 3.8) is 0 Å². The Labute approximate surface area is 130 Å². The van der Waals surface area contributed by atoms with Gasteiger partial charge in [-0.15, -0.1) is 0 Å². The number of nitro groups is 1. The van der Waals surface area contributed by atoms with Gasteiger partial charge in [0.2, 0.25) is 5.91 Å². The molecule has 0 saturated carbocycles. The number of carbonyl (C=O) groups excluding carboxylic acids is 1. The highest BCUT2D eigenvalue weighted by Crippen LogP contribution is 2.25. The second-order valence-corrected chi connectivity index (χ2v) is 5.54. The Bertz CT molecular complexity index is 684. The largest absolute Gasteiger partial charge is 0.320 e. The van der Waals surface area contributed by atoms with Crippen LogP contribution >= 0.6 is 15.9 Å². The molecule has 2 aromatic carbocycles. The van der Waals surface area contributed by atoms with Gasteiger partial charge in [-0.2, -0.15) is 0 Å². The van der Waals surface area contributed by atoms with Gasteiger partial charge in [0, 0.05) is 10.5 Å². The second kappa shape index (κ2) is 6.49. The van der Waals surface area contributed by atoms with Crippen LogP contribution in [0.3, 0.4) is 0 Å². The van der Waals surface area contributed by atoms with Gasteiger partial charge in [0.1, 0.15) is 5.69 Å². The third-order valence-electron chi connectivity index (χ3n) is 2.90. The van der Waals surface area contributed by atoms with Gasteiger partial charge in [-0.05, 0) is 36.2 Å². The van der Waals surface area contributed by atoms with Gasteiger partial charge in [-0.1, -0.05) is 34.1 Å². The van der Waals surface area contributed by atoms with Crippen LogP contribution in [-0.2, 0) is 11.2 Å². The number of hydrogen-bond acceptors (Lipinski definition) is 3. The molecular formula is C15H13BrN2O3. The van der Waals surface area contributed by atoms with E-state index in [1.54, 1.807) is 19.1 Å². The highest BCUT2D eigenvalue weighted by atomic mass is 79.9. The first kappa shape index (κ1) is 15.2. The maximum Gasteiger partial charge on any atom is 0.293 e. The predicted octanol–water partition coefficient (Wildman–Crippen LogP) is 3.85. The van der Waals surface area contributed by atoms with Crippen LogP contribution in [-0.4, -0.2) is 10.8 Å². The highest BCUT2D eigenvalue weighted by Gasteiger charge is 2.16. The molecule has 0 aliphatic heterocycles. The Balaban J connectivity index is 2.12. The Kier molecular flexibility index (Phi) is 4.70. The number of halogens is 1. The lowest BCUT2D eigenvalue weighted by Gasteiger charge is -2.07. The fourth-order valence-corrected chi connectivity index (χ4v) is 2.14. The zero-order valence-electron chi connectivity index (χ0n) is 11.3. The average Bonchev–Trinajstić information content (AvgIpc) is 2.43. The average molecular weight is 349 g/mol. The van der Waals surface area contributed by atoms with E-state index in [4.69, 9.17) is 0 Å². The first-order valence-corrected chi connectivity index (χ1v) is 7.04. The van der Waals surface area contributed by atoms with Crippen LogP contribution in [0.2, 0.25) is 0 Å². The molecule has 0 saturated heterocycles. The molecule has 0 radical (unpaired) electrons. The third-order valence-corrected chi connectivity index (χ3v) is 3.43. The minimum atomic E-state index is -0.498. The Morgan fingerprint density at radius 3 is 2.52 bits per heavy atom. The number of aryl methyl sites for hydroxylation is 1. The molecule has 0 spiro atoms. The molecule has 0 aliphatic carbocycles. The van der Waals surface area contributed by atoms with Crippen LogP contribution in [0.4, 0.5) is 11.4 Å². The molecule has 0 unspecified atom stereocenters. The molecule has 0 aliphatic rings. The first-order valence-electron chi connectivity index (χ1n) is 6.25. The fraction of sp³-hybridized carbons (Fsp3) is 0.133. The lowest BCUT2D eigenvalue weighted by Crippen LogP contribution is -2.15. The highest BCUT2D eigenvalue weighted by molar-refractivity contribution is 9.10. The van der Waals surface area contributed by atoms with Crippen molar-refractivity contribution < 1.29 is 9.72 Å². The van der Waals surface area contributed by atoms with Crippen molar-refractivity contribution in [3.8, 4) is 0 Å². The van der Waals surface area contributed by atoms with Crippen molar-refractivity contribution in [2.24, 2.45) is 0 Å². The summed E-state index contributed by atoms with van der Waals surface area (Å²) in [5.41, 5.74) is 1.73. The van der Waals surface area contributed by atoms with E-state index >= 15 is 0 Å². The number of amides is 1. The number of carbonyl (C=O) groups is 1. The van der Waals surface area contributed by atoms with Gasteiger partial charge in [0.05, 0.1) is 11.3 Å². The van der Waals surface area contributed by atoms with Crippen LogP contribution in [0.25, 0.3) is 0 Å². The first-order chi connectivity index (χ1) is 9.95. The van der Waals surface area contributed by atoms with Crippen molar-refractivity contribution in [2.45, 2.75) is 13.3 Å². The van der Waals surface area contributed by atoms with Crippen molar-refractivity contribution in [1.82, 2.24) is 0 Å². The molecule has 1 amide bonds. The van der Waals surface area contributed by atoms with Crippen molar-refractivity contribution in [1.29, 1.82) is 0 Å². The quantitative estimate of drug-likeness (QED) is 0.673. The third kappa shape index (κ3) is 4.13. The van der Waals surface area contributed by atoms with Crippen LogP contribution < -0.4 is 5.32 Å². The molecule has 0 bridgehead atoms. The number of nitro benzene ring substituents is 1. The molecule has 1 N–H and O–H groups in total. The molecule has 21 heavy (non-hydrogen) atoms. The SMILES string of the molecule is Cc1ccc(NC(=O)Cc2ccc(Br)cc2)c([N+](=O)[O-])c1. The summed E-state index contributed by atoms with van der Waals surface area (Å²) >= 11 is 3.32. The van der Waals surface area contributed by atoms with E-state index in [0.29, 0.717) is 0 Å². The number of nitrogens with zero attached hydrogens (tertiary/aromatic N) is 1. The summed E-state index contributed by atoms with van der Waals surface area (Å²) < 4.78 is 0.931. The summed E-state index contributed by atoms with van der Waals surface area (Å²) in [6.45, 7) is 1.76.